The Bertz CT molecular complexity index is 235. The van der Waals surface area contributed by atoms with Crippen LogP contribution < -0.4 is 5.73 Å². The topological polar surface area (TPSA) is 133 Å². The number of rotatable bonds is 3. The van der Waals surface area contributed by atoms with Gasteiger partial charge in [-0.15, -0.1) is 0 Å². The maximum atomic E-state index is 10.6. The third-order valence-corrected chi connectivity index (χ3v) is 2.47. The van der Waals surface area contributed by atoms with Crippen LogP contribution in [-0.4, -0.2) is 57.5 Å². The van der Waals surface area contributed by atoms with Gasteiger partial charge in [0.2, 0.25) is 5.91 Å². The molecule has 0 aromatic carbocycles. The highest BCUT2D eigenvalue weighted by Gasteiger charge is 2.43. The van der Waals surface area contributed by atoms with Crippen LogP contribution in [0.1, 0.15) is 6.42 Å². The van der Waals surface area contributed by atoms with Crippen LogP contribution in [0.15, 0.2) is 0 Å². The summed E-state index contributed by atoms with van der Waals surface area (Å²) in [4.78, 5) is 10.6. The molecule has 1 rings (SSSR count). The predicted molar refractivity (Wildman–Crippen MR) is 47.3 cm³/mol. The van der Waals surface area contributed by atoms with Crippen LogP contribution in [0.2, 0.25) is 0 Å². The van der Waals surface area contributed by atoms with E-state index in [0.29, 0.717) is 0 Å². The molecule has 1 saturated heterocycles. The lowest BCUT2D eigenvalue weighted by Gasteiger charge is -2.39. The molecule has 0 aromatic heterocycles. The normalized spacial score (nSPS) is 41.5. The van der Waals surface area contributed by atoms with E-state index in [1.54, 1.807) is 0 Å². The largest absolute Gasteiger partial charge is 0.394 e. The minimum Gasteiger partial charge on any atom is -0.394 e. The first-order valence-electron chi connectivity index (χ1n) is 4.56. The van der Waals surface area contributed by atoms with Crippen molar-refractivity contribution in [2.75, 3.05) is 6.61 Å². The summed E-state index contributed by atoms with van der Waals surface area (Å²) in [6.45, 7) is -0.529. The second-order valence-corrected chi connectivity index (χ2v) is 3.56. The molecule has 7 nitrogen and oxygen atoms in total. The highest BCUT2D eigenvalue weighted by atomic mass is 16.6. The van der Waals surface area contributed by atoms with Gasteiger partial charge in [0.05, 0.1) is 12.7 Å². The van der Waals surface area contributed by atoms with Crippen LogP contribution in [0.25, 0.3) is 0 Å². The third kappa shape index (κ3) is 2.64. The smallest absolute Gasteiger partial charge is 0.217 e. The van der Waals surface area contributed by atoms with Crippen LogP contribution >= 0.6 is 0 Å². The van der Waals surface area contributed by atoms with Crippen LogP contribution in [0.5, 0.6) is 0 Å². The highest BCUT2D eigenvalue weighted by Crippen LogP contribution is 2.26. The van der Waals surface area contributed by atoms with Crippen molar-refractivity contribution in [1.29, 1.82) is 0 Å². The molecule has 6 N–H and O–H groups in total. The van der Waals surface area contributed by atoms with Gasteiger partial charge >= 0.3 is 0 Å². The van der Waals surface area contributed by atoms with Crippen molar-refractivity contribution in [3.8, 4) is 0 Å². The predicted octanol–water partition coefficient (Wildman–Crippen LogP) is -3.09. The number of carbonyl (C=O) groups is 1. The van der Waals surface area contributed by atoms with Gasteiger partial charge in [0.1, 0.15) is 12.2 Å². The summed E-state index contributed by atoms with van der Waals surface area (Å²) >= 11 is 0. The lowest BCUT2D eigenvalue weighted by Crippen LogP contribution is -2.56. The first-order chi connectivity index (χ1) is 6.97. The summed E-state index contributed by atoms with van der Waals surface area (Å²) in [5.74, 6) is -1.68. The van der Waals surface area contributed by atoms with Crippen molar-refractivity contribution in [1.82, 2.24) is 0 Å². The van der Waals surface area contributed by atoms with E-state index in [0.717, 1.165) is 0 Å². The third-order valence-electron chi connectivity index (χ3n) is 2.47. The molecule has 88 valence electrons. The zero-order chi connectivity index (χ0) is 11.6. The number of primary amides is 1. The average molecular weight is 221 g/mol. The Hall–Kier alpha value is -0.730. The number of ether oxygens (including phenoxy) is 1. The zero-order valence-corrected chi connectivity index (χ0v) is 7.98. The lowest BCUT2D eigenvalue weighted by molar-refractivity contribution is -0.269. The Kier molecular flexibility index (Phi) is 4.00. The van der Waals surface area contributed by atoms with E-state index in [9.17, 15) is 20.1 Å². The van der Waals surface area contributed by atoms with Crippen LogP contribution in [0.4, 0.5) is 0 Å². The number of amides is 1. The molecule has 0 aliphatic carbocycles. The molecule has 15 heavy (non-hydrogen) atoms. The standard InChI is InChI=1S/C8H15NO6/c9-5(11)1-3-6(12)7(13)4(2-10)15-8(3)14/h3-4,6-8,10,12-14H,1-2H2,(H2,9,11)/t3-,4-,6-,7-,8?/m1/s1. The van der Waals surface area contributed by atoms with Crippen molar-refractivity contribution >= 4 is 5.91 Å². The molecule has 1 amide bonds. The van der Waals surface area contributed by atoms with Gasteiger partial charge in [0.15, 0.2) is 6.29 Å². The molecular weight excluding hydrogens is 206 g/mol. The van der Waals surface area contributed by atoms with E-state index in [1.807, 2.05) is 0 Å². The van der Waals surface area contributed by atoms with Gasteiger partial charge in [-0.2, -0.15) is 0 Å². The molecular formula is C8H15NO6. The molecule has 0 spiro atoms. The summed E-state index contributed by atoms with van der Waals surface area (Å²) in [7, 11) is 0. The first-order valence-corrected chi connectivity index (χ1v) is 4.56. The van der Waals surface area contributed by atoms with Crippen molar-refractivity contribution in [3.63, 3.8) is 0 Å². The fourth-order valence-electron chi connectivity index (χ4n) is 1.61. The zero-order valence-electron chi connectivity index (χ0n) is 7.98. The van der Waals surface area contributed by atoms with Crippen molar-refractivity contribution in [3.05, 3.63) is 0 Å². The van der Waals surface area contributed by atoms with E-state index >= 15 is 0 Å². The van der Waals surface area contributed by atoms with Crippen LogP contribution in [0.3, 0.4) is 0 Å². The number of carbonyl (C=O) groups excluding carboxylic acids is 1. The van der Waals surface area contributed by atoms with E-state index in [1.165, 1.54) is 0 Å². The van der Waals surface area contributed by atoms with E-state index in [2.05, 4.69) is 0 Å². The molecule has 1 aliphatic rings. The van der Waals surface area contributed by atoms with Crippen molar-refractivity contribution in [2.45, 2.75) is 31.0 Å². The van der Waals surface area contributed by atoms with Crippen LogP contribution in [-0.2, 0) is 9.53 Å². The minimum atomic E-state index is -1.42. The van der Waals surface area contributed by atoms with Gasteiger partial charge in [-0.3, -0.25) is 4.79 Å². The molecule has 5 atom stereocenters. The highest BCUT2D eigenvalue weighted by molar-refractivity contribution is 5.74. The SMILES string of the molecule is NC(=O)C[C@H]1C(O)O[C@H](CO)[C@@H](O)[C@@H]1O. The summed E-state index contributed by atoms with van der Waals surface area (Å²) < 4.78 is 4.82. The number of hydrogen-bond acceptors (Lipinski definition) is 6. The average Bonchev–Trinajstić information content (AvgIpc) is 2.18. The quantitative estimate of drug-likeness (QED) is 0.343. The van der Waals surface area contributed by atoms with Crippen LogP contribution in [0, 0.1) is 5.92 Å². The number of aliphatic hydroxyl groups is 4. The molecule has 0 saturated carbocycles. The molecule has 0 aromatic rings. The first kappa shape index (κ1) is 12.3. The van der Waals surface area contributed by atoms with Gasteiger partial charge < -0.3 is 30.9 Å². The Morgan fingerprint density at radius 3 is 2.33 bits per heavy atom. The molecule has 1 heterocycles. The second-order valence-electron chi connectivity index (χ2n) is 3.56. The summed E-state index contributed by atoms with van der Waals surface area (Å²) in [5, 5.41) is 37.2. The second kappa shape index (κ2) is 4.86. The summed E-state index contributed by atoms with van der Waals surface area (Å²) in [5.41, 5.74) is 4.91. The maximum absolute atomic E-state index is 10.6. The lowest BCUT2D eigenvalue weighted by atomic mass is 9.88. The fraction of sp³-hybridized carbons (Fsp3) is 0.875. The Morgan fingerprint density at radius 2 is 1.87 bits per heavy atom. The summed E-state index contributed by atoms with van der Waals surface area (Å²) in [6.07, 6.45) is -5.47. The molecule has 1 aliphatic heterocycles. The number of aliphatic hydroxyl groups excluding tert-OH is 4. The van der Waals surface area contributed by atoms with Gasteiger partial charge in [-0.25, -0.2) is 0 Å². The molecule has 0 radical (unpaired) electrons. The minimum absolute atomic E-state index is 0.294. The Balaban J connectivity index is 2.70. The van der Waals surface area contributed by atoms with Gasteiger partial charge in [-0.05, 0) is 0 Å². The maximum Gasteiger partial charge on any atom is 0.217 e. The van der Waals surface area contributed by atoms with E-state index in [4.69, 9.17) is 15.6 Å². The monoisotopic (exact) mass is 221 g/mol. The summed E-state index contributed by atoms with van der Waals surface area (Å²) in [6, 6.07) is 0. The van der Waals surface area contributed by atoms with E-state index < -0.39 is 43.0 Å². The Morgan fingerprint density at radius 1 is 1.27 bits per heavy atom. The van der Waals surface area contributed by atoms with E-state index in [-0.39, 0.29) is 6.42 Å². The molecule has 7 heteroatoms. The Labute approximate surface area is 86.1 Å². The fourth-order valence-corrected chi connectivity index (χ4v) is 1.61. The molecule has 0 bridgehead atoms. The van der Waals surface area contributed by atoms with Crippen molar-refractivity contribution < 1.29 is 30.0 Å². The number of nitrogens with two attached hydrogens (primary N) is 1. The van der Waals surface area contributed by atoms with Gasteiger partial charge in [0, 0.05) is 12.3 Å². The van der Waals surface area contributed by atoms with Crippen molar-refractivity contribution in [2.24, 2.45) is 11.7 Å². The molecule has 1 unspecified atom stereocenters. The van der Waals surface area contributed by atoms with Gasteiger partial charge in [-0.1, -0.05) is 0 Å². The molecule has 1 fully saturated rings. The number of hydrogen-bond donors (Lipinski definition) is 5. The van der Waals surface area contributed by atoms with Gasteiger partial charge in [0.25, 0.3) is 0 Å².